The minimum absolute atomic E-state index is 0.329. The molecule has 1 aromatic carbocycles. The van der Waals surface area contributed by atoms with Crippen molar-refractivity contribution in [2.45, 2.75) is 0 Å². The van der Waals surface area contributed by atoms with Crippen molar-refractivity contribution in [2.75, 3.05) is 18.2 Å². The fourth-order valence-corrected chi connectivity index (χ4v) is 2.95. The van der Waals surface area contributed by atoms with Crippen molar-refractivity contribution in [2.24, 2.45) is 0 Å². The lowest BCUT2D eigenvalue weighted by atomic mass is 10.2. The summed E-state index contributed by atoms with van der Waals surface area (Å²) in [6, 6.07) is 6.47. The van der Waals surface area contributed by atoms with Crippen LogP contribution in [0.5, 0.6) is 5.75 Å². The molecule has 1 heterocycles. The Balaban J connectivity index is 2.26. The Morgan fingerprint density at radius 3 is 2.68 bits per heavy atom. The summed E-state index contributed by atoms with van der Waals surface area (Å²) in [5, 5.41) is 2.70. The van der Waals surface area contributed by atoms with Gasteiger partial charge in [-0.2, -0.15) is 0 Å². The highest BCUT2D eigenvalue weighted by molar-refractivity contribution is 7.20. The Morgan fingerprint density at radius 1 is 1.37 bits per heavy atom. The minimum atomic E-state index is -0.351. The summed E-state index contributed by atoms with van der Waals surface area (Å²) >= 11 is 12.9. The molecule has 1 amide bonds. The number of amides is 1. The van der Waals surface area contributed by atoms with E-state index in [0.29, 0.717) is 31.4 Å². The van der Waals surface area contributed by atoms with Gasteiger partial charge in [0.2, 0.25) is 0 Å². The molecule has 0 bridgehead atoms. The SMILES string of the molecule is COc1cc(N)ccc1NC(=O)c1cc(Cl)sc1Cl. The van der Waals surface area contributed by atoms with E-state index in [-0.39, 0.29) is 5.91 Å². The van der Waals surface area contributed by atoms with E-state index in [1.807, 2.05) is 0 Å². The molecule has 0 fully saturated rings. The van der Waals surface area contributed by atoms with Gasteiger partial charge in [-0.05, 0) is 18.2 Å². The molecule has 7 heteroatoms. The second-order valence-corrected chi connectivity index (χ2v) is 5.94. The first-order chi connectivity index (χ1) is 9.01. The zero-order valence-corrected chi connectivity index (χ0v) is 12.2. The number of nitrogen functional groups attached to an aromatic ring is 1. The van der Waals surface area contributed by atoms with Crippen LogP contribution < -0.4 is 15.8 Å². The number of thiophene rings is 1. The maximum atomic E-state index is 12.1. The van der Waals surface area contributed by atoms with Crippen LogP contribution in [0.25, 0.3) is 0 Å². The van der Waals surface area contributed by atoms with Crippen molar-refractivity contribution in [3.8, 4) is 5.75 Å². The van der Waals surface area contributed by atoms with Crippen LogP contribution in [0, 0.1) is 0 Å². The van der Waals surface area contributed by atoms with E-state index in [1.165, 1.54) is 13.2 Å². The fraction of sp³-hybridized carbons (Fsp3) is 0.0833. The first-order valence-corrected chi connectivity index (χ1v) is 6.78. The Hall–Kier alpha value is -1.43. The largest absolute Gasteiger partial charge is 0.494 e. The van der Waals surface area contributed by atoms with Crippen LogP contribution in [0.1, 0.15) is 10.4 Å². The number of ether oxygens (including phenoxy) is 1. The number of hydrogen-bond acceptors (Lipinski definition) is 4. The van der Waals surface area contributed by atoms with E-state index < -0.39 is 0 Å². The highest BCUT2D eigenvalue weighted by atomic mass is 35.5. The van der Waals surface area contributed by atoms with Gasteiger partial charge in [0.25, 0.3) is 5.91 Å². The van der Waals surface area contributed by atoms with Gasteiger partial charge in [-0.15, -0.1) is 11.3 Å². The number of carbonyl (C=O) groups is 1. The van der Waals surface area contributed by atoms with Crippen molar-refractivity contribution in [3.63, 3.8) is 0 Å². The van der Waals surface area contributed by atoms with E-state index in [4.69, 9.17) is 33.7 Å². The molecule has 0 saturated carbocycles. The smallest absolute Gasteiger partial charge is 0.258 e. The van der Waals surface area contributed by atoms with E-state index in [2.05, 4.69) is 5.32 Å². The van der Waals surface area contributed by atoms with Gasteiger partial charge in [-0.25, -0.2) is 0 Å². The van der Waals surface area contributed by atoms with Crippen LogP contribution in [-0.2, 0) is 0 Å². The first kappa shape index (κ1) is 14.0. The second-order valence-electron chi connectivity index (χ2n) is 3.65. The zero-order chi connectivity index (χ0) is 14.0. The Bertz CT molecular complexity index is 628. The maximum Gasteiger partial charge on any atom is 0.258 e. The third kappa shape index (κ3) is 3.12. The number of anilines is 2. The molecule has 2 rings (SSSR count). The molecule has 0 saturated heterocycles. The average molecular weight is 317 g/mol. The van der Waals surface area contributed by atoms with Gasteiger partial charge in [0, 0.05) is 11.8 Å². The van der Waals surface area contributed by atoms with Gasteiger partial charge >= 0.3 is 0 Å². The zero-order valence-electron chi connectivity index (χ0n) is 9.87. The number of rotatable bonds is 3. The van der Waals surface area contributed by atoms with E-state index in [0.717, 1.165) is 11.3 Å². The van der Waals surface area contributed by atoms with Crippen LogP contribution in [0.15, 0.2) is 24.3 Å². The molecule has 3 N–H and O–H groups in total. The van der Waals surface area contributed by atoms with Gasteiger partial charge in [-0.1, -0.05) is 23.2 Å². The number of hydrogen-bond donors (Lipinski definition) is 2. The summed E-state index contributed by atoms with van der Waals surface area (Å²) in [4.78, 5) is 12.1. The Labute approximate surface area is 124 Å². The molecule has 0 spiro atoms. The third-order valence-corrected chi connectivity index (χ3v) is 3.86. The molecular weight excluding hydrogens is 307 g/mol. The summed E-state index contributed by atoms with van der Waals surface area (Å²) < 4.78 is 5.95. The van der Waals surface area contributed by atoms with Crippen molar-refractivity contribution in [1.29, 1.82) is 0 Å². The van der Waals surface area contributed by atoms with E-state index in [1.54, 1.807) is 18.2 Å². The molecule has 4 nitrogen and oxygen atoms in total. The second kappa shape index (κ2) is 5.69. The number of nitrogens with one attached hydrogen (secondary N) is 1. The van der Waals surface area contributed by atoms with Crippen molar-refractivity contribution in [3.05, 3.63) is 38.5 Å². The first-order valence-electron chi connectivity index (χ1n) is 5.21. The normalized spacial score (nSPS) is 10.3. The summed E-state index contributed by atoms with van der Waals surface area (Å²) in [7, 11) is 1.50. The fourth-order valence-electron chi connectivity index (χ4n) is 1.50. The number of benzene rings is 1. The monoisotopic (exact) mass is 316 g/mol. The van der Waals surface area contributed by atoms with Crippen LogP contribution >= 0.6 is 34.5 Å². The molecule has 0 aliphatic rings. The predicted octanol–water partition coefficient (Wildman–Crippen LogP) is 3.90. The molecule has 0 atom stereocenters. The van der Waals surface area contributed by atoms with Crippen LogP contribution in [0.3, 0.4) is 0 Å². The lowest BCUT2D eigenvalue weighted by Crippen LogP contribution is -2.12. The number of methoxy groups -OCH3 is 1. The third-order valence-electron chi connectivity index (χ3n) is 2.38. The van der Waals surface area contributed by atoms with Crippen LogP contribution in [0.2, 0.25) is 8.67 Å². The average Bonchev–Trinajstić information content (AvgIpc) is 2.70. The van der Waals surface area contributed by atoms with Crippen molar-refractivity contribution >= 4 is 51.8 Å². The van der Waals surface area contributed by atoms with Gasteiger partial charge in [0.1, 0.15) is 10.1 Å². The molecule has 100 valence electrons. The molecule has 1 aromatic heterocycles. The summed E-state index contributed by atoms with van der Waals surface area (Å²) in [6.07, 6.45) is 0. The van der Waals surface area contributed by atoms with E-state index in [9.17, 15) is 4.79 Å². The molecule has 0 aliphatic heterocycles. The molecule has 0 radical (unpaired) electrons. The molecule has 19 heavy (non-hydrogen) atoms. The van der Waals surface area contributed by atoms with Crippen molar-refractivity contribution < 1.29 is 9.53 Å². The summed E-state index contributed by atoms with van der Waals surface area (Å²) in [5.74, 6) is 0.127. The lowest BCUT2D eigenvalue weighted by molar-refractivity contribution is 0.102. The Morgan fingerprint density at radius 2 is 2.11 bits per heavy atom. The molecule has 0 aliphatic carbocycles. The standard InChI is InChI=1S/C12H10Cl2N2O2S/c1-18-9-4-6(15)2-3-8(9)16-12(17)7-5-10(13)19-11(7)14/h2-5H,15H2,1H3,(H,16,17). The molecular formula is C12H10Cl2N2O2S. The highest BCUT2D eigenvalue weighted by Gasteiger charge is 2.16. The predicted molar refractivity (Wildman–Crippen MR) is 79.7 cm³/mol. The number of nitrogens with two attached hydrogens (primary N) is 1. The number of carbonyl (C=O) groups excluding carboxylic acids is 1. The topological polar surface area (TPSA) is 64.3 Å². The molecule has 0 unspecified atom stereocenters. The maximum absolute atomic E-state index is 12.1. The van der Waals surface area contributed by atoms with Crippen LogP contribution in [0.4, 0.5) is 11.4 Å². The Kier molecular flexibility index (Phi) is 4.19. The summed E-state index contributed by atoms with van der Waals surface area (Å²) in [6.45, 7) is 0. The molecule has 2 aromatic rings. The van der Waals surface area contributed by atoms with Crippen molar-refractivity contribution in [1.82, 2.24) is 0 Å². The van der Waals surface area contributed by atoms with Gasteiger partial charge in [0.15, 0.2) is 0 Å². The van der Waals surface area contributed by atoms with Gasteiger partial charge < -0.3 is 15.8 Å². The van der Waals surface area contributed by atoms with E-state index >= 15 is 0 Å². The lowest BCUT2D eigenvalue weighted by Gasteiger charge is -2.10. The van der Waals surface area contributed by atoms with Gasteiger partial charge in [0.05, 0.1) is 22.7 Å². The van der Waals surface area contributed by atoms with Gasteiger partial charge in [-0.3, -0.25) is 4.79 Å². The minimum Gasteiger partial charge on any atom is -0.494 e. The van der Waals surface area contributed by atoms with Crippen LogP contribution in [-0.4, -0.2) is 13.0 Å². The summed E-state index contributed by atoms with van der Waals surface area (Å²) in [5.41, 5.74) is 7.03. The quantitative estimate of drug-likeness (QED) is 0.844. The highest BCUT2D eigenvalue weighted by Crippen LogP contribution is 2.33. The number of halogens is 2.